The molecule has 9 heteroatoms. The Labute approximate surface area is 161 Å². The largest absolute Gasteiger partial charge is 0.480 e. The number of nitrogens with zero attached hydrogens (tertiary/aromatic N) is 1. The molecule has 0 heterocycles. The number of halogens is 2. The smallest absolute Gasteiger partial charge is 0.317 e. The van der Waals surface area contributed by atoms with Gasteiger partial charge >= 0.3 is 5.97 Å². The first-order valence-corrected chi connectivity index (χ1v) is 9.30. The SMILES string of the molecule is O=C(O)CN(CC1CC1)C1CC(NC(=O)CNC(=O)c2ccc(F)c(F)c2)C1. The first-order valence-electron chi connectivity index (χ1n) is 9.30. The number of carbonyl (C=O) groups excluding carboxylic acids is 2. The second-order valence-electron chi connectivity index (χ2n) is 7.47. The van der Waals surface area contributed by atoms with E-state index in [4.69, 9.17) is 5.11 Å². The minimum absolute atomic E-state index is 0.00607. The van der Waals surface area contributed by atoms with Gasteiger partial charge in [0.05, 0.1) is 13.1 Å². The van der Waals surface area contributed by atoms with E-state index in [-0.39, 0.29) is 36.6 Å². The predicted octanol–water partition coefficient (Wildman–Crippen LogP) is 1.14. The Bertz CT molecular complexity index is 764. The lowest BCUT2D eigenvalue weighted by molar-refractivity contribution is -0.140. The molecule has 1 aromatic carbocycles. The van der Waals surface area contributed by atoms with Gasteiger partial charge in [-0.3, -0.25) is 19.3 Å². The van der Waals surface area contributed by atoms with Crippen LogP contribution in [0.25, 0.3) is 0 Å². The van der Waals surface area contributed by atoms with Gasteiger partial charge in [0.1, 0.15) is 0 Å². The second-order valence-corrected chi connectivity index (χ2v) is 7.47. The van der Waals surface area contributed by atoms with Crippen molar-refractivity contribution >= 4 is 17.8 Å². The van der Waals surface area contributed by atoms with E-state index in [1.807, 2.05) is 4.90 Å². The van der Waals surface area contributed by atoms with Crippen molar-refractivity contribution in [3.63, 3.8) is 0 Å². The van der Waals surface area contributed by atoms with Crippen molar-refractivity contribution in [2.24, 2.45) is 5.92 Å². The van der Waals surface area contributed by atoms with E-state index >= 15 is 0 Å². The molecule has 2 aliphatic carbocycles. The van der Waals surface area contributed by atoms with Crippen LogP contribution in [-0.2, 0) is 9.59 Å². The minimum Gasteiger partial charge on any atom is -0.480 e. The quantitative estimate of drug-likeness (QED) is 0.582. The highest BCUT2D eigenvalue weighted by Crippen LogP contribution is 2.33. The van der Waals surface area contributed by atoms with Crippen LogP contribution in [0.3, 0.4) is 0 Å². The number of aliphatic carboxylic acids is 1. The highest BCUT2D eigenvalue weighted by atomic mass is 19.2. The third-order valence-corrected chi connectivity index (χ3v) is 5.11. The number of carboxylic acid groups (broad SMARTS) is 1. The Hall–Kier alpha value is -2.55. The van der Waals surface area contributed by atoms with E-state index in [9.17, 15) is 23.2 Å². The van der Waals surface area contributed by atoms with E-state index < -0.39 is 23.5 Å². The first-order chi connectivity index (χ1) is 13.3. The standard InChI is InChI=1S/C19H23F2N3O4/c20-15-4-3-12(5-16(15)21)19(28)22-8-17(25)23-13-6-14(7-13)24(10-18(26)27)9-11-1-2-11/h3-5,11,13-14H,1-2,6-10H2,(H,22,28)(H,23,25)(H,26,27). The molecule has 3 N–H and O–H groups in total. The van der Waals surface area contributed by atoms with Crippen LogP contribution in [0.5, 0.6) is 0 Å². The van der Waals surface area contributed by atoms with Gasteiger partial charge in [-0.2, -0.15) is 0 Å². The molecule has 0 aromatic heterocycles. The summed E-state index contributed by atoms with van der Waals surface area (Å²) in [5.74, 6) is -3.50. The first kappa shape index (κ1) is 20.2. The van der Waals surface area contributed by atoms with Crippen molar-refractivity contribution in [3.8, 4) is 0 Å². The molecule has 1 aromatic rings. The fraction of sp³-hybridized carbons (Fsp3) is 0.526. The number of carbonyl (C=O) groups is 3. The zero-order chi connectivity index (χ0) is 20.3. The Morgan fingerprint density at radius 2 is 1.86 bits per heavy atom. The summed E-state index contributed by atoms with van der Waals surface area (Å²) in [6.45, 7) is 0.508. The van der Waals surface area contributed by atoms with Crippen LogP contribution in [0.2, 0.25) is 0 Å². The molecule has 7 nitrogen and oxygen atoms in total. The van der Waals surface area contributed by atoms with Crippen LogP contribution >= 0.6 is 0 Å². The summed E-state index contributed by atoms with van der Waals surface area (Å²) in [6, 6.07) is 2.84. The lowest BCUT2D eigenvalue weighted by Crippen LogP contribution is -2.56. The van der Waals surface area contributed by atoms with Gasteiger partial charge in [0, 0.05) is 24.2 Å². The molecule has 2 aliphatic rings. The Kier molecular flexibility index (Phi) is 6.23. The van der Waals surface area contributed by atoms with Gasteiger partial charge in [-0.05, 0) is 49.8 Å². The maximum absolute atomic E-state index is 13.2. The molecule has 0 aliphatic heterocycles. The van der Waals surface area contributed by atoms with Crippen molar-refractivity contribution in [1.29, 1.82) is 0 Å². The molecule has 2 fully saturated rings. The van der Waals surface area contributed by atoms with Gasteiger partial charge in [0.25, 0.3) is 5.91 Å². The summed E-state index contributed by atoms with van der Waals surface area (Å²) in [7, 11) is 0. The Morgan fingerprint density at radius 1 is 1.14 bits per heavy atom. The average Bonchev–Trinajstić information content (AvgIpc) is 3.41. The Morgan fingerprint density at radius 3 is 2.46 bits per heavy atom. The predicted molar refractivity (Wildman–Crippen MR) is 95.6 cm³/mol. The molecule has 152 valence electrons. The summed E-state index contributed by atoms with van der Waals surface area (Å²) in [5.41, 5.74) is -0.0696. The van der Waals surface area contributed by atoms with E-state index in [0.29, 0.717) is 18.8 Å². The third kappa shape index (κ3) is 5.48. The molecule has 0 atom stereocenters. The molecule has 0 unspecified atom stereocenters. The van der Waals surface area contributed by atoms with Crippen LogP contribution < -0.4 is 10.6 Å². The summed E-state index contributed by atoms with van der Waals surface area (Å²) in [4.78, 5) is 36.9. The maximum atomic E-state index is 13.2. The zero-order valence-electron chi connectivity index (χ0n) is 15.3. The molecule has 0 saturated heterocycles. The molecule has 0 spiro atoms. The molecule has 2 saturated carbocycles. The number of hydrogen-bond donors (Lipinski definition) is 3. The fourth-order valence-electron chi connectivity index (χ4n) is 3.33. The summed E-state index contributed by atoms with van der Waals surface area (Å²) in [5, 5.41) is 14.2. The van der Waals surface area contributed by atoms with Gasteiger partial charge < -0.3 is 15.7 Å². The number of carboxylic acids is 1. The van der Waals surface area contributed by atoms with Crippen molar-refractivity contribution in [2.45, 2.75) is 37.8 Å². The summed E-state index contributed by atoms with van der Waals surface area (Å²) in [6.07, 6.45) is 3.62. The van der Waals surface area contributed by atoms with Crippen LogP contribution in [0.15, 0.2) is 18.2 Å². The summed E-state index contributed by atoms with van der Waals surface area (Å²) < 4.78 is 26.0. The van der Waals surface area contributed by atoms with Gasteiger partial charge in [-0.15, -0.1) is 0 Å². The van der Waals surface area contributed by atoms with E-state index in [1.165, 1.54) is 0 Å². The number of rotatable bonds is 9. The minimum atomic E-state index is -1.13. The topological polar surface area (TPSA) is 98.7 Å². The van der Waals surface area contributed by atoms with Crippen molar-refractivity contribution in [2.75, 3.05) is 19.6 Å². The van der Waals surface area contributed by atoms with Gasteiger partial charge in [0.15, 0.2) is 11.6 Å². The van der Waals surface area contributed by atoms with Crippen molar-refractivity contribution in [1.82, 2.24) is 15.5 Å². The lowest BCUT2D eigenvalue weighted by Gasteiger charge is -2.42. The molecular formula is C19H23F2N3O4. The molecule has 28 heavy (non-hydrogen) atoms. The van der Waals surface area contributed by atoms with Gasteiger partial charge in [-0.25, -0.2) is 8.78 Å². The number of hydrogen-bond acceptors (Lipinski definition) is 4. The molecule has 0 bridgehead atoms. The zero-order valence-corrected chi connectivity index (χ0v) is 15.3. The summed E-state index contributed by atoms with van der Waals surface area (Å²) >= 11 is 0. The average molecular weight is 395 g/mol. The van der Waals surface area contributed by atoms with Gasteiger partial charge in [0.2, 0.25) is 5.91 Å². The highest BCUT2D eigenvalue weighted by Gasteiger charge is 2.37. The third-order valence-electron chi connectivity index (χ3n) is 5.11. The normalized spacial score (nSPS) is 21.1. The van der Waals surface area contributed by atoms with Gasteiger partial charge in [-0.1, -0.05) is 0 Å². The molecule has 3 rings (SSSR count). The molecule has 2 amide bonds. The number of amides is 2. The fourth-order valence-corrected chi connectivity index (χ4v) is 3.33. The van der Waals surface area contributed by atoms with Crippen LogP contribution in [0.4, 0.5) is 8.78 Å². The monoisotopic (exact) mass is 395 g/mol. The molecule has 0 radical (unpaired) electrons. The maximum Gasteiger partial charge on any atom is 0.317 e. The van der Waals surface area contributed by atoms with Crippen LogP contribution in [0.1, 0.15) is 36.0 Å². The van der Waals surface area contributed by atoms with Crippen molar-refractivity contribution in [3.05, 3.63) is 35.4 Å². The van der Waals surface area contributed by atoms with E-state index in [1.54, 1.807) is 0 Å². The van der Waals surface area contributed by atoms with Crippen LogP contribution in [0, 0.1) is 17.6 Å². The highest BCUT2D eigenvalue weighted by molar-refractivity contribution is 5.96. The van der Waals surface area contributed by atoms with Crippen molar-refractivity contribution < 1.29 is 28.3 Å². The molecular weight excluding hydrogens is 372 g/mol. The number of nitrogens with one attached hydrogen (secondary N) is 2. The lowest BCUT2D eigenvalue weighted by atomic mass is 9.85. The number of benzene rings is 1. The van der Waals surface area contributed by atoms with E-state index in [2.05, 4.69) is 10.6 Å². The Balaban J connectivity index is 1.39. The van der Waals surface area contributed by atoms with Crippen LogP contribution in [-0.4, -0.2) is 59.5 Å². The van der Waals surface area contributed by atoms with E-state index in [0.717, 1.165) is 37.6 Å². The second kappa shape index (κ2) is 8.64.